The average molecular weight is 470 g/mol. The number of piperidine rings is 1. The second-order valence-corrected chi connectivity index (χ2v) is 7.31. The normalized spacial score (nSPS) is 16.3. The van der Waals surface area contributed by atoms with Crippen molar-refractivity contribution in [3.05, 3.63) is 33.8 Å². The lowest BCUT2D eigenvalue weighted by Gasteiger charge is -2.31. The summed E-state index contributed by atoms with van der Waals surface area (Å²) >= 11 is 11.9. The fourth-order valence-corrected chi connectivity index (χ4v) is 3.12. The molecule has 1 N–H and O–H groups in total. The molecule has 0 atom stereocenters. The maximum Gasteiger partial charge on any atom is 0.492 e. The number of hydrogen-bond acceptors (Lipinski definition) is 6. The summed E-state index contributed by atoms with van der Waals surface area (Å²) in [6, 6.07) is 4.72. The van der Waals surface area contributed by atoms with E-state index >= 15 is 0 Å². The lowest BCUT2D eigenvalue weighted by molar-refractivity contribution is -0.241. The number of nitrogens with zero attached hydrogens (tertiary/aromatic N) is 2. The molecular weight excluding hydrogens is 450 g/mol. The number of hydroxylamine groups is 2. The first-order valence-corrected chi connectivity index (χ1v) is 9.74. The summed E-state index contributed by atoms with van der Waals surface area (Å²) < 4.78 is 36.7. The van der Waals surface area contributed by atoms with E-state index in [-0.39, 0.29) is 37.9 Å². The summed E-state index contributed by atoms with van der Waals surface area (Å²) in [7, 11) is 1.39. The van der Waals surface area contributed by atoms with Crippen LogP contribution in [0.3, 0.4) is 0 Å². The first kappa shape index (κ1) is 24.2. The summed E-state index contributed by atoms with van der Waals surface area (Å²) in [5.74, 6) is -2.50. The van der Waals surface area contributed by atoms with Crippen LogP contribution in [0, 0.1) is 0 Å². The maximum atomic E-state index is 12.3. The summed E-state index contributed by atoms with van der Waals surface area (Å²) in [4.78, 5) is 32.2. The minimum absolute atomic E-state index is 0.0897. The van der Waals surface area contributed by atoms with E-state index in [0.717, 1.165) is 5.06 Å². The Balaban J connectivity index is 1.81. The van der Waals surface area contributed by atoms with Crippen LogP contribution >= 0.6 is 23.2 Å². The van der Waals surface area contributed by atoms with E-state index in [4.69, 9.17) is 28.0 Å². The molecule has 12 heteroatoms. The molecule has 30 heavy (non-hydrogen) atoms. The second kappa shape index (κ2) is 10.8. The highest BCUT2D eigenvalue weighted by atomic mass is 35.5. The molecule has 1 aliphatic heterocycles. The summed E-state index contributed by atoms with van der Waals surface area (Å²) in [5, 5.41) is 8.44. The van der Waals surface area contributed by atoms with Gasteiger partial charge in [-0.05, 0) is 25.0 Å². The van der Waals surface area contributed by atoms with Crippen LogP contribution in [0.25, 0.3) is 0 Å². The van der Waals surface area contributed by atoms with Gasteiger partial charge in [-0.25, -0.2) is 4.79 Å². The zero-order valence-electron chi connectivity index (χ0n) is 16.0. The van der Waals surface area contributed by atoms with Gasteiger partial charge < -0.3 is 15.0 Å². The number of rotatable bonds is 7. The van der Waals surface area contributed by atoms with Gasteiger partial charge in [0.2, 0.25) is 5.91 Å². The molecule has 0 saturated carbocycles. The number of oxime groups is 1. The monoisotopic (exact) mass is 469 g/mol. The van der Waals surface area contributed by atoms with Gasteiger partial charge in [-0.15, -0.1) is 5.06 Å². The summed E-state index contributed by atoms with van der Waals surface area (Å²) in [5.41, 5.74) is 1.18. The van der Waals surface area contributed by atoms with Crippen LogP contribution in [0.5, 0.6) is 0 Å². The topological polar surface area (TPSA) is 80.2 Å². The Morgan fingerprint density at radius 2 is 1.87 bits per heavy atom. The third-order valence-corrected chi connectivity index (χ3v) is 5.04. The molecule has 1 aromatic carbocycles. The fourth-order valence-electron chi connectivity index (χ4n) is 2.82. The van der Waals surface area contributed by atoms with Crippen molar-refractivity contribution in [2.45, 2.75) is 37.9 Å². The Hall–Kier alpha value is -2.04. The Morgan fingerprint density at radius 3 is 2.43 bits per heavy atom. The van der Waals surface area contributed by atoms with Crippen molar-refractivity contribution >= 4 is 40.8 Å². The third kappa shape index (κ3) is 7.33. The number of nitrogens with one attached hydrogen (secondary N) is 1. The lowest BCUT2D eigenvalue weighted by Crippen LogP contribution is -2.46. The molecule has 0 aromatic heterocycles. The van der Waals surface area contributed by atoms with Crippen molar-refractivity contribution in [3.8, 4) is 0 Å². The minimum atomic E-state index is -5.04. The van der Waals surface area contributed by atoms with Crippen LogP contribution < -0.4 is 5.32 Å². The van der Waals surface area contributed by atoms with E-state index in [0.29, 0.717) is 34.2 Å². The van der Waals surface area contributed by atoms with Crippen molar-refractivity contribution < 1.29 is 32.4 Å². The van der Waals surface area contributed by atoms with Gasteiger partial charge in [-0.3, -0.25) is 4.79 Å². The van der Waals surface area contributed by atoms with Crippen LogP contribution in [0.15, 0.2) is 23.4 Å². The molecule has 1 heterocycles. The van der Waals surface area contributed by atoms with Gasteiger partial charge >= 0.3 is 12.1 Å². The second-order valence-electron chi connectivity index (χ2n) is 6.50. The fraction of sp³-hybridized carbons (Fsp3) is 0.500. The van der Waals surface area contributed by atoms with Gasteiger partial charge in [-0.1, -0.05) is 34.4 Å². The van der Waals surface area contributed by atoms with Crippen LogP contribution in [-0.2, 0) is 19.3 Å². The van der Waals surface area contributed by atoms with Gasteiger partial charge in [0.15, 0.2) is 0 Å². The average Bonchev–Trinajstić information content (AvgIpc) is 2.68. The number of carbonyl (C=O) groups is 2. The van der Waals surface area contributed by atoms with Gasteiger partial charge in [0, 0.05) is 37.5 Å². The van der Waals surface area contributed by atoms with Crippen molar-refractivity contribution in [1.82, 2.24) is 10.4 Å². The van der Waals surface area contributed by atoms with E-state index in [1.165, 1.54) is 7.11 Å². The standard InChI is InChI=1S/C18H20Cl2F3N3O4/c1-29-25-15(11-2-3-13(19)14(20)10-11)4-5-16(27)24-12-6-8-26(9-7-12)30-17(28)18(21,22)23/h2-3,10,12H,4-9H2,1H3,(H,24,27). The van der Waals surface area contributed by atoms with Crippen LogP contribution in [0.1, 0.15) is 31.2 Å². The van der Waals surface area contributed by atoms with Crippen molar-refractivity contribution in [2.24, 2.45) is 5.16 Å². The molecule has 1 saturated heterocycles. The van der Waals surface area contributed by atoms with Gasteiger partial charge in [0.05, 0.1) is 15.8 Å². The van der Waals surface area contributed by atoms with Gasteiger partial charge in [-0.2, -0.15) is 13.2 Å². The number of amides is 1. The van der Waals surface area contributed by atoms with Crippen LogP contribution in [0.2, 0.25) is 10.0 Å². The molecule has 2 rings (SSSR count). The molecule has 0 radical (unpaired) electrons. The highest BCUT2D eigenvalue weighted by molar-refractivity contribution is 6.42. The number of halogens is 5. The molecule has 1 aromatic rings. The first-order valence-electron chi connectivity index (χ1n) is 8.99. The highest BCUT2D eigenvalue weighted by Gasteiger charge is 2.43. The third-order valence-electron chi connectivity index (χ3n) is 4.31. The van der Waals surface area contributed by atoms with E-state index in [1.807, 2.05) is 0 Å². The highest BCUT2D eigenvalue weighted by Crippen LogP contribution is 2.24. The zero-order valence-corrected chi connectivity index (χ0v) is 17.5. The Bertz CT molecular complexity index is 797. The largest absolute Gasteiger partial charge is 0.492 e. The van der Waals surface area contributed by atoms with Crippen LogP contribution in [-0.4, -0.2) is 55.1 Å². The number of alkyl halides is 3. The Kier molecular flexibility index (Phi) is 8.75. The first-order chi connectivity index (χ1) is 14.1. The molecule has 1 fully saturated rings. The van der Waals surface area contributed by atoms with Crippen molar-refractivity contribution in [2.75, 3.05) is 20.2 Å². The summed E-state index contributed by atoms with van der Waals surface area (Å²) in [6.07, 6.45) is -3.95. The summed E-state index contributed by atoms with van der Waals surface area (Å²) in [6.45, 7) is 0.179. The minimum Gasteiger partial charge on any atom is -0.399 e. The Morgan fingerprint density at radius 1 is 1.20 bits per heavy atom. The van der Waals surface area contributed by atoms with E-state index in [2.05, 4.69) is 15.3 Å². The van der Waals surface area contributed by atoms with E-state index in [1.54, 1.807) is 18.2 Å². The molecule has 0 unspecified atom stereocenters. The van der Waals surface area contributed by atoms with Crippen molar-refractivity contribution in [1.29, 1.82) is 0 Å². The maximum absolute atomic E-state index is 12.3. The molecule has 7 nitrogen and oxygen atoms in total. The SMILES string of the molecule is CON=C(CCC(=O)NC1CCN(OC(=O)C(F)(F)F)CC1)c1ccc(Cl)c(Cl)c1. The molecule has 0 aliphatic carbocycles. The zero-order chi connectivity index (χ0) is 22.3. The molecule has 1 amide bonds. The predicted molar refractivity (Wildman–Crippen MR) is 104 cm³/mol. The van der Waals surface area contributed by atoms with E-state index < -0.39 is 12.1 Å². The number of carbonyl (C=O) groups excluding carboxylic acids is 2. The van der Waals surface area contributed by atoms with E-state index in [9.17, 15) is 22.8 Å². The molecule has 1 aliphatic rings. The molecule has 0 bridgehead atoms. The van der Waals surface area contributed by atoms with Gasteiger partial charge in [0.1, 0.15) is 7.11 Å². The number of benzene rings is 1. The smallest absolute Gasteiger partial charge is 0.399 e. The Labute approximate surface area is 181 Å². The number of hydrogen-bond donors (Lipinski definition) is 1. The molecule has 0 spiro atoms. The van der Waals surface area contributed by atoms with Crippen LogP contribution in [0.4, 0.5) is 13.2 Å². The quantitative estimate of drug-likeness (QED) is 0.486. The van der Waals surface area contributed by atoms with Crippen molar-refractivity contribution in [3.63, 3.8) is 0 Å². The lowest BCUT2D eigenvalue weighted by atomic mass is 10.0. The molecule has 166 valence electrons. The predicted octanol–water partition coefficient (Wildman–Crippen LogP) is 3.73. The molecular formula is C18H20Cl2F3N3O4. The van der Waals surface area contributed by atoms with Gasteiger partial charge in [0.25, 0.3) is 0 Å².